The van der Waals surface area contributed by atoms with E-state index in [1.807, 2.05) is 60.4 Å². The molecule has 0 atom stereocenters. The summed E-state index contributed by atoms with van der Waals surface area (Å²) in [6.45, 7) is 6.23. The molecule has 0 saturated heterocycles. The number of aryl methyl sites for hydroxylation is 1. The van der Waals surface area contributed by atoms with Gasteiger partial charge in [0.1, 0.15) is 0 Å². The van der Waals surface area contributed by atoms with Crippen molar-refractivity contribution in [2.45, 2.75) is 44.8 Å². The van der Waals surface area contributed by atoms with Crippen LogP contribution in [-0.2, 0) is 11.3 Å². The first-order chi connectivity index (χ1) is 15.0. The van der Waals surface area contributed by atoms with E-state index in [1.54, 1.807) is 4.57 Å². The van der Waals surface area contributed by atoms with Crippen LogP contribution in [0.4, 0.5) is 0 Å². The molecule has 1 aliphatic rings. The van der Waals surface area contributed by atoms with E-state index in [4.69, 9.17) is 4.98 Å². The number of benzene rings is 2. The number of amides is 1. The van der Waals surface area contributed by atoms with Gasteiger partial charge >= 0.3 is 0 Å². The molecule has 1 amide bonds. The first kappa shape index (κ1) is 21.6. The molecule has 1 heterocycles. The fraction of sp³-hybridized carbons (Fsp3) is 0.400. The van der Waals surface area contributed by atoms with Gasteiger partial charge in [-0.25, -0.2) is 4.98 Å². The van der Waals surface area contributed by atoms with Crippen LogP contribution in [0.5, 0.6) is 0 Å². The van der Waals surface area contributed by atoms with E-state index in [-0.39, 0.29) is 11.5 Å². The van der Waals surface area contributed by atoms with E-state index in [0.717, 1.165) is 25.1 Å². The third-order valence-electron chi connectivity index (χ3n) is 5.63. The second-order valence-electron chi connectivity index (χ2n) is 8.36. The van der Waals surface area contributed by atoms with E-state index < -0.39 is 0 Å². The van der Waals surface area contributed by atoms with Crippen molar-refractivity contribution in [2.24, 2.45) is 5.92 Å². The number of carbonyl (C=O) groups is 1. The van der Waals surface area contributed by atoms with Crippen molar-refractivity contribution >= 4 is 28.6 Å². The molecule has 0 N–H and O–H groups in total. The minimum atomic E-state index is -0.0653. The first-order valence-electron chi connectivity index (χ1n) is 11.0. The molecule has 0 unspecified atom stereocenters. The summed E-state index contributed by atoms with van der Waals surface area (Å²) in [6, 6.07) is 15.6. The minimum absolute atomic E-state index is 0.0653. The topological polar surface area (TPSA) is 55.2 Å². The number of hydrogen-bond acceptors (Lipinski definition) is 4. The number of nitrogens with zero attached hydrogens (tertiary/aromatic N) is 3. The molecule has 0 bridgehead atoms. The summed E-state index contributed by atoms with van der Waals surface area (Å²) in [6.07, 6.45) is 3.40. The Morgan fingerprint density at radius 3 is 2.61 bits per heavy atom. The fourth-order valence-corrected chi connectivity index (χ4v) is 4.59. The quantitative estimate of drug-likeness (QED) is 0.367. The standard InChI is InChI=1S/C25H29N3O2S/c1-3-14-27(15-19-12-13-19)23(29)17-31-25-26-22-7-5-4-6-21(22)24(30)28(25)16-20-10-8-18(2)9-11-20/h4-11,19H,3,12-17H2,1-2H3. The van der Waals surface area contributed by atoms with Gasteiger partial charge in [0.2, 0.25) is 5.91 Å². The first-order valence-corrected chi connectivity index (χ1v) is 12.0. The molecule has 6 heteroatoms. The van der Waals surface area contributed by atoms with E-state index in [0.29, 0.717) is 34.3 Å². The molecular formula is C25H29N3O2S. The fourth-order valence-electron chi connectivity index (χ4n) is 3.69. The van der Waals surface area contributed by atoms with Crippen molar-refractivity contribution in [3.05, 3.63) is 70.0 Å². The van der Waals surface area contributed by atoms with Gasteiger partial charge in [-0.15, -0.1) is 0 Å². The van der Waals surface area contributed by atoms with Gasteiger partial charge < -0.3 is 4.90 Å². The van der Waals surface area contributed by atoms with Crippen LogP contribution in [0, 0.1) is 12.8 Å². The zero-order valence-electron chi connectivity index (χ0n) is 18.2. The number of thioether (sulfide) groups is 1. The Kier molecular flexibility index (Phi) is 6.76. The number of carbonyl (C=O) groups excluding carboxylic acids is 1. The third kappa shape index (κ3) is 5.37. The normalized spacial score (nSPS) is 13.5. The Balaban J connectivity index is 1.61. The highest BCUT2D eigenvalue weighted by molar-refractivity contribution is 7.99. The second-order valence-corrected chi connectivity index (χ2v) is 9.30. The van der Waals surface area contributed by atoms with Crippen molar-refractivity contribution in [3.8, 4) is 0 Å². The van der Waals surface area contributed by atoms with Crippen molar-refractivity contribution < 1.29 is 4.79 Å². The number of para-hydroxylation sites is 1. The summed E-state index contributed by atoms with van der Waals surface area (Å²) in [5, 5.41) is 1.20. The molecule has 4 rings (SSSR count). The zero-order valence-corrected chi connectivity index (χ0v) is 19.0. The molecule has 0 spiro atoms. The van der Waals surface area contributed by atoms with Crippen molar-refractivity contribution in [2.75, 3.05) is 18.8 Å². The van der Waals surface area contributed by atoms with Crippen LogP contribution in [0.15, 0.2) is 58.5 Å². The van der Waals surface area contributed by atoms with Gasteiger partial charge in [-0.1, -0.05) is 60.6 Å². The Bertz CT molecular complexity index is 1120. The van der Waals surface area contributed by atoms with Crippen LogP contribution in [0.2, 0.25) is 0 Å². The molecule has 2 aromatic carbocycles. The van der Waals surface area contributed by atoms with Crippen molar-refractivity contribution in [1.29, 1.82) is 0 Å². The van der Waals surface area contributed by atoms with E-state index >= 15 is 0 Å². The monoisotopic (exact) mass is 435 g/mol. The molecular weight excluding hydrogens is 406 g/mol. The lowest BCUT2D eigenvalue weighted by Crippen LogP contribution is -2.35. The van der Waals surface area contributed by atoms with Gasteiger partial charge in [0.25, 0.3) is 5.56 Å². The summed E-state index contributed by atoms with van der Waals surface area (Å²) in [4.78, 5) is 32.9. The molecule has 5 nitrogen and oxygen atoms in total. The Morgan fingerprint density at radius 2 is 1.90 bits per heavy atom. The molecule has 1 aromatic heterocycles. The highest BCUT2D eigenvalue weighted by Gasteiger charge is 2.26. The largest absolute Gasteiger partial charge is 0.342 e. The molecule has 31 heavy (non-hydrogen) atoms. The molecule has 1 aliphatic carbocycles. The smallest absolute Gasteiger partial charge is 0.262 e. The predicted octanol–water partition coefficient (Wildman–Crippen LogP) is 4.49. The van der Waals surface area contributed by atoms with Crippen LogP contribution in [0.25, 0.3) is 10.9 Å². The van der Waals surface area contributed by atoms with Gasteiger partial charge in [-0.2, -0.15) is 0 Å². The molecule has 3 aromatic rings. The molecule has 1 saturated carbocycles. The summed E-state index contributed by atoms with van der Waals surface area (Å²) in [5.74, 6) is 1.09. The third-order valence-corrected chi connectivity index (χ3v) is 6.60. The van der Waals surface area contributed by atoms with Gasteiger partial charge in [-0.3, -0.25) is 14.2 Å². The van der Waals surface area contributed by atoms with Gasteiger partial charge in [0, 0.05) is 13.1 Å². The SMILES string of the molecule is CCCN(CC1CC1)C(=O)CSc1nc2ccccc2c(=O)n1Cc1ccc(C)cc1. The van der Waals surface area contributed by atoms with Crippen LogP contribution in [0.3, 0.4) is 0 Å². The number of rotatable bonds is 9. The molecule has 1 fully saturated rings. The molecule has 162 valence electrons. The van der Waals surface area contributed by atoms with Gasteiger partial charge in [0.15, 0.2) is 5.16 Å². The maximum absolute atomic E-state index is 13.3. The Hall–Kier alpha value is -2.60. The molecule has 0 radical (unpaired) electrons. The van der Waals surface area contributed by atoms with E-state index in [2.05, 4.69) is 6.92 Å². The number of aromatic nitrogens is 2. The lowest BCUT2D eigenvalue weighted by Gasteiger charge is -2.22. The maximum Gasteiger partial charge on any atom is 0.262 e. The lowest BCUT2D eigenvalue weighted by molar-refractivity contribution is -0.128. The van der Waals surface area contributed by atoms with E-state index in [1.165, 1.54) is 30.2 Å². The average Bonchev–Trinajstić information content (AvgIpc) is 3.59. The second kappa shape index (κ2) is 9.69. The van der Waals surface area contributed by atoms with Crippen molar-refractivity contribution in [1.82, 2.24) is 14.5 Å². The maximum atomic E-state index is 13.3. The van der Waals surface area contributed by atoms with E-state index in [9.17, 15) is 9.59 Å². The summed E-state index contributed by atoms with van der Waals surface area (Å²) >= 11 is 1.37. The number of fused-ring (bicyclic) bond motifs is 1. The number of hydrogen-bond donors (Lipinski definition) is 0. The Labute approximate surface area is 187 Å². The summed E-state index contributed by atoms with van der Waals surface area (Å²) in [7, 11) is 0. The predicted molar refractivity (Wildman–Crippen MR) is 127 cm³/mol. The molecule has 0 aliphatic heterocycles. The van der Waals surface area contributed by atoms with Crippen LogP contribution >= 0.6 is 11.8 Å². The Morgan fingerprint density at radius 1 is 1.16 bits per heavy atom. The van der Waals surface area contributed by atoms with Crippen LogP contribution < -0.4 is 5.56 Å². The highest BCUT2D eigenvalue weighted by Crippen LogP contribution is 2.30. The zero-order chi connectivity index (χ0) is 21.8. The average molecular weight is 436 g/mol. The highest BCUT2D eigenvalue weighted by atomic mass is 32.2. The lowest BCUT2D eigenvalue weighted by atomic mass is 10.1. The minimum Gasteiger partial charge on any atom is -0.342 e. The van der Waals surface area contributed by atoms with Crippen LogP contribution in [0.1, 0.15) is 37.3 Å². The van der Waals surface area contributed by atoms with Gasteiger partial charge in [-0.05, 0) is 49.8 Å². The summed E-state index contributed by atoms with van der Waals surface area (Å²) in [5.41, 5.74) is 2.83. The van der Waals surface area contributed by atoms with Gasteiger partial charge in [0.05, 0.1) is 23.2 Å². The summed E-state index contributed by atoms with van der Waals surface area (Å²) < 4.78 is 1.70. The van der Waals surface area contributed by atoms with Crippen molar-refractivity contribution in [3.63, 3.8) is 0 Å². The van der Waals surface area contributed by atoms with Crippen LogP contribution in [-0.4, -0.2) is 39.2 Å².